The van der Waals surface area contributed by atoms with Gasteiger partial charge in [0.1, 0.15) is 9.83 Å². The maximum Gasteiger partial charge on any atom is 0.308 e. The van der Waals surface area contributed by atoms with E-state index in [0.717, 1.165) is 51.0 Å². The van der Waals surface area contributed by atoms with Gasteiger partial charge < -0.3 is 9.64 Å². The minimum Gasteiger partial charge on any atom is -0.465 e. The lowest BCUT2D eigenvalue weighted by atomic mass is 10.1. The van der Waals surface area contributed by atoms with E-state index in [1.807, 2.05) is 56.3 Å². The highest BCUT2D eigenvalue weighted by molar-refractivity contribution is 7.30. The Morgan fingerprint density at radius 1 is 0.921 bits per heavy atom. The number of ether oxygens (including phenoxy) is 1. The van der Waals surface area contributed by atoms with Gasteiger partial charge in [-0.3, -0.25) is 4.79 Å². The van der Waals surface area contributed by atoms with Crippen LogP contribution in [0.25, 0.3) is 9.53 Å². The van der Waals surface area contributed by atoms with E-state index in [9.17, 15) is 4.79 Å². The Hall–Kier alpha value is -3.50. The van der Waals surface area contributed by atoms with Crippen molar-refractivity contribution < 1.29 is 9.53 Å². The van der Waals surface area contributed by atoms with Crippen molar-refractivity contribution in [3.63, 3.8) is 0 Å². The highest BCUT2D eigenvalue weighted by Crippen LogP contribution is 2.39. The lowest BCUT2D eigenvalue weighted by Gasteiger charge is -2.20. The largest absolute Gasteiger partial charge is 0.465 e. The predicted octanol–water partition coefficient (Wildman–Crippen LogP) is 9.17. The van der Waals surface area contributed by atoms with Gasteiger partial charge in [0.25, 0.3) is 0 Å². The number of aromatic nitrogens is 1. The lowest BCUT2D eigenvalue weighted by molar-refractivity contribution is -0.147. The smallest absolute Gasteiger partial charge is 0.308 e. The fraction of sp³-hybridized carbons (Fsp3) is 0.357. The summed E-state index contributed by atoms with van der Waals surface area (Å²) in [5.41, 5.74) is 3.83. The number of nitrogens with zero attached hydrogens (tertiary/aromatic N) is 6. The summed E-state index contributed by atoms with van der Waals surface area (Å²) in [6.45, 7) is 10.5. The third-order valence-corrected chi connectivity index (χ3v) is 8.07. The van der Waals surface area contributed by atoms with Crippen LogP contribution < -0.4 is 4.90 Å². The van der Waals surface area contributed by atoms with E-state index in [4.69, 9.17) is 4.74 Å². The summed E-state index contributed by atoms with van der Waals surface area (Å²) < 4.78 is 6.33. The Morgan fingerprint density at radius 3 is 2.21 bits per heavy atom. The molecule has 2 heterocycles. The molecule has 1 atom stereocenters. The van der Waals surface area contributed by atoms with Gasteiger partial charge in [-0.25, -0.2) is 4.98 Å². The molecule has 4 aromatic rings. The number of thiazole rings is 1. The summed E-state index contributed by atoms with van der Waals surface area (Å²) in [6, 6.07) is 17.8. The van der Waals surface area contributed by atoms with Crippen molar-refractivity contribution in [3.05, 3.63) is 60.2 Å². The first-order valence-corrected chi connectivity index (χ1v) is 14.5. The fourth-order valence-corrected chi connectivity index (χ4v) is 5.49. The van der Waals surface area contributed by atoms with Gasteiger partial charge in [-0.05, 0) is 68.3 Å². The van der Waals surface area contributed by atoms with Crippen LogP contribution in [0.4, 0.5) is 27.2 Å². The van der Waals surface area contributed by atoms with Crippen molar-refractivity contribution in [2.24, 2.45) is 26.4 Å². The molecular formula is C28H32N6O2S2. The molecule has 0 N–H and O–H groups in total. The van der Waals surface area contributed by atoms with Crippen LogP contribution in [0.2, 0.25) is 0 Å². The summed E-state index contributed by atoms with van der Waals surface area (Å²) in [5.74, 6) is -0.198. The minimum absolute atomic E-state index is 0.0581. The van der Waals surface area contributed by atoms with Crippen LogP contribution in [-0.4, -0.2) is 30.6 Å². The van der Waals surface area contributed by atoms with Crippen LogP contribution in [0, 0.1) is 5.92 Å². The van der Waals surface area contributed by atoms with E-state index in [2.05, 4.69) is 56.3 Å². The average molecular weight is 549 g/mol. The van der Waals surface area contributed by atoms with Crippen LogP contribution in [0.3, 0.4) is 0 Å². The van der Waals surface area contributed by atoms with Crippen LogP contribution >= 0.6 is 22.7 Å². The number of carbonyl (C=O) groups is 1. The van der Waals surface area contributed by atoms with Gasteiger partial charge in [-0.1, -0.05) is 48.7 Å². The van der Waals surface area contributed by atoms with Crippen molar-refractivity contribution in [2.75, 3.05) is 24.6 Å². The molecule has 0 aliphatic heterocycles. The van der Waals surface area contributed by atoms with Gasteiger partial charge in [0, 0.05) is 25.2 Å². The molecule has 0 saturated carbocycles. The molecule has 0 spiro atoms. The van der Waals surface area contributed by atoms with Crippen molar-refractivity contribution in [1.29, 1.82) is 0 Å². The molecule has 0 fully saturated rings. The third kappa shape index (κ3) is 7.29. The molecule has 2 aromatic heterocycles. The highest BCUT2D eigenvalue weighted by atomic mass is 32.1. The first-order valence-electron chi connectivity index (χ1n) is 12.8. The van der Waals surface area contributed by atoms with Crippen LogP contribution in [0.5, 0.6) is 0 Å². The van der Waals surface area contributed by atoms with Crippen LogP contribution in [-0.2, 0) is 16.0 Å². The topological polar surface area (TPSA) is 91.9 Å². The van der Waals surface area contributed by atoms with Crippen LogP contribution in [0.15, 0.2) is 75.1 Å². The van der Waals surface area contributed by atoms with Gasteiger partial charge in [0.15, 0.2) is 0 Å². The second kappa shape index (κ2) is 13.3. The zero-order chi connectivity index (χ0) is 26.9. The number of esters is 1. The number of thiophene rings is 1. The molecule has 4 rings (SSSR count). The summed E-state index contributed by atoms with van der Waals surface area (Å²) in [5, 5.41) is 18.8. The number of rotatable bonds is 12. The van der Waals surface area contributed by atoms with Gasteiger partial charge in [0.2, 0.25) is 5.13 Å². The number of anilines is 1. The monoisotopic (exact) mass is 548 g/mol. The van der Waals surface area contributed by atoms with Gasteiger partial charge >= 0.3 is 5.97 Å². The molecule has 0 aliphatic carbocycles. The molecule has 198 valence electrons. The summed E-state index contributed by atoms with van der Waals surface area (Å²) in [4.78, 5) is 19.5. The van der Waals surface area contributed by atoms with Gasteiger partial charge in [-0.15, -0.1) is 20.5 Å². The first-order chi connectivity index (χ1) is 18.5. The molecule has 10 heteroatoms. The Morgan fingerprint density at radius 2 is 1.58 bits per heavy atom. The maximum atomic E-state index is 11.8. The second-order valence-corrected chi connectivity index (χ2v) is 10.8. The predicted molar refractivity (Wildman–Crippen MR) is 156 cm³/mol. The summed E-state index contributed by atoms with van der Waals surface area (Å²) in [6.07, 6.45) is 1.46. The Bertz CT molecular complexity index is 1360. The van der Waals surface area contributed by atoms with E-state index in [0.29, 0.717) is 18.2 Å². The number of azo groups is 2. The van der Waals surface area contributed by atoms with E-state index >= 15 is 0 Å². The summed E-state index contributed by atoms with van der Waals surface area (Å²) >= 11 is 2.96. The van der Waals surface area contributed by atoms with Crippen LogP contribution in [0.1, 0.15) is 39.7 Å². The molecule has 0 radical (unpaired) electrons. The Balaban J connectivity index is 1.31. The summed E-state index contributed by atoms with van der Waals surface area (Å²) in [7, 11) is 0. The molecule has 0 bridgehead atoms. The first kappa shape index (κ1) is 27.5. The molecule has 0 aliphatic rings. The number of benzene rings is 2. The van der Waals surface area contributed by atoms with E-state index in [1.165, 1.54) is 28.4 Å². The molecule has 0 saturated heterocycles. The number of hydrogen-bond donors (Lipinski definition) is 0. The minimum atomic E-state index is -0.140. The van der Waals surface area contributed by atoms with Gasteiger partial charge in [0.05, 0.1) is 28.6 Å². The van der Waals surface area contributed by atoms with E-state index < -0.39 is 0 Å². The highest BCUT2D eigenvalue weighted by Gasteiger charge is 2.11. The number of fused-ring (bicyclic) bond motifs is 1. The lowest BCUT2D eigenvalue weighted by Crippen LogP contribution is -2.21. The fourth-order valence-electron chi connectivity index (χ4n) is 3.64. The maximum absolute atomic E-state index is 11.8. The standard InChI is InChI=1S/C28H32N6O2S2/c1-5-19(4)27(35)36-17-16-20-8-10-21(11-9-20)30-32-25-18-24-26(38-25)29-28(37-24)33-31-22-12-14-23(15-13-22)34(6-2)7-3/h8-15,18-19H,5-7,16-17H2,1-4H3/b32-30+,33-31+. The molecule has 8 nitrogen and oxygen atoms in total. The number of hydrogen-bond acceptors (Lipinski definition) is 10. The normalized spacial score (nSPS) is 12.5. The molecule has 2 aromatic carbocycles. The SMILES string of the molecule is CCC(C)C(=O)OCCc1ccc(/N=N/c2cc3sc(/N=N/c4ccc(N(CC)CC)cc4)nc3s2)cc1. The quantitative estimate of drug-likeness (QED) is 0.130. The zero-order valence-electron chi connectivity index (χ0n) is 22.1. The van der Waals surface area contributed by atoms with E-state index in [1.54, 1.807) is 0 Å². The zero-order valence-corrected chi connectivity index (χ0v) is 23.8. The van der Waals surface area contributed by atoms with Crippen molar-refractivity contribution in [3.8, 4) is 0 Å². The number of carbonyl (C=O) groups excluding carboxylic acids is 1. The molecule has 38 heavy (non-hydrogen) atoms. The molecular weight excluding hydrogens is 516 g/mol. The Kier molecular flexibility index (Phi) is 9.67. The average Bonchev–Trinajstić information content (AvgIpc) is 3.51. The van der Waals surface area contributed by atoms with Crippen molar-refractivity contribution in [2.45, 2.75) is 40.5 Å². The van der Waals surface area contributed by atoms with Gasteiger partial charge in [-0.2, -0.15) is 0 Å². The molecule has 0 amide bonds. The molecule has 1 unspecified atom stereocenters. The third-order valence-electron chi connectivity index (χ3n) is 6.14. The van der Waals surface area contributed by atoms with E-state index in [-0.39, 0.29) is 11.9 Å². The second-order valence-electron chi connectivity index (χ2n) is 8.73. The Labute approximate surface area is 231 Å². The van der Waals surface area contributed by atoms with Crippen molar-refractivity contribution >= 4 is 65.4 Å². The van der Waals surface area contributed by atoms with Crippen molar-refractivity contribution in [1.82, 2.24) is 4.98 Å².